The average Bonchev–Trinajstić information content (AvgIpc) is 3.08. The minimum absolute atomic E-state index is 0.109. The Morgan fingerprint density at radius 1 is 1.04 bits per heavy atom. The standard InChI is InChI=1S/C22H21NO4S/c1-11-10-15-12(2)16-17(21(3,4)22(15,5)28-11)19(25)23(18(16)24)14-8-6-13(7-9-14)20(26)27/h6-10H,1-5H3,(H,26,27). The Morgan fingerprint density at radius 2 is 1.64 bits per heavy atom. The first kappa shape index (κ1) is 18.7. The lowest BCUT2D eigenvalue weighted by molar-refractivity contribution is -0.120. The number of anilines is 1. The molecule has 1 aromatic carbocycles. The van der Waals surface area contributed by atoms with Crippen molar-refractivity contribution in [2.45, 2.75) is 39.4 Å². The van der Waals surface area contributed by atoms with E-state index in [1.165, 1.54) is 34.1 Å². The van der Waals surface area contributed by atoms with Crippen molar-refractivity contribution in [2.75, 3.05) is 4.90 Å². The maximum atomic E-state index is 13.4. The van der Waals surface area contributed by atoms with Crippen molar-refractivity contribution in [3.63, 3.8) is 0 Å². The van der Waals surface area contributed by atoms with E-state index >= 15 is 0 Å². The van der Waals surface area contributed by atoms with Gasteiger partial charge in [-0.3, -0.25) is 9.59 Å². The number of carboxylic acid groups (broad SMARTS) is 1. The maximum Gasteiger partial charge on any atom is 0.335 e. The lowest BCUT2D eigenvalue weighted by atomic mass is 9.63. The Labute approximate surface area is 167 Å². The number of aromatic carboxylic acids is 1. The molecule has 3 aliphatic rings. The molecule has 6 heteroatoms. The van der Waals surface area contributed by atoms with Crippen molar-refractivity contribution < 1.29 is 19.5 Å². The number of allylic oxidation sites excluding steroid dienone is 2. The Morgan fingerprint density at radius 3 is 2.21 bits per heavy atom. The van der Waals surface area contributed by atoms with Crippen LogP contribution in [0.15, 0.2) is 57.5 Å². The van der Waals surface area contributed by atoms with Crippen LogP contribution in [0.3, 0.4) is 0 Å². The van der Waals surface area contributed by atoms with Gasteiger partial charge < -0.3 is 5.11 Å². The Kier molecular flexibility index (Phi) is 3.82. The fourth-order valence-electron chi connectivity index (χ4n) is 4.50. The molecule has 0 radical (unpaired) electrons. The molecular formula is C22H21NO4S. The third-order valence-electron chi connectivity index (χ3n) is 6.28. The Hall–Kier alpha value is -2.60. The second-order valence-electron chi connectivity index (χ2n) is 8.10. The lowest BCUT2D eigenvalue weighted by Crippen LogP contribution is -2.45. The van der Waals surface area contributed by atoms with E-state index < -0.39 is 11.4 Å². The number of carbonyl (C=O) groups is 3. The van der Waals surface area contributed by atoms with E-state index in [4.69, 9.17) is 5.11 Å². The highest BCUT2D eigenvalue weighted by Gasteiger charge is 2.59. The topological polar surface area (TPSA) is 74.7 Å². The predicted molar refractivity (Wildman–Crippen MR) is 109 cm³/mol. The molecule has 0 fully saturated rings. The van der Waals surface area contributed by atoms with Gasteiger partial charge in [-0.1, -0.05) is 13.8 Å². The molecule has 1 aliphatic carbocycles. The SMILES string of the molecule is CC1=CC2=C(C)C3=C(C(=O)N(c4ccc(C(=O)O)cc4)C3=O)C(C)(C)C2(C)S1. The van der Waals surface area contributed by atoms with Crippen LogP contribution in [0.1, 0.15) is 45.0 Å². The van der Waals surface area contributed by atoms with Crippen LogP contribution in [-0.2, 0) is 9.59 Å². The number of thioether (sulfide) groups is 1. The van der Waals surface area contributed by atoms with Crippen LogP contribution in [-0.4, -0.2) is 27.6 Å². The summed E-state index contributed by atoms with van der Waals surface area (Å²) in [7, 11) is 0. The second kappa shape index (κ2) is 5.70. The van der Waals surface area contributed by atoms with Gasteiger partial charge in [0.15, 0.2) is 0 Å². The number of benzene rings is 1. The van der Waals surface area contributed by atoms with Crippen molar-refractivity contribution >= 4 is 35.2 Å². The molecule has 1 N–H and O–H groups in total. The molecule has 2 amide bonds. The smallest absolute Gasteiger partial charge is 0.335 e. The predicted octanol–water partition coefficient (Wildman–Crippen LogP) is 4.32. The molecule has 2 heterocycles. The van der Waals surface area contributed by atoms with E-state index in [0.717, 1.165) is 11.1 Å². The van der Waals surface area contributed by atoms with Crippen LogP contribution in [0.4, 0.5) is 5.69 Å². The molecule has 1 atom stereocenters. The minimum Gasteiger partial charge on any atom is -0.478 e. The molecule has 0 aromatic heterocycles. The van der Waals surface area contributed by atoms with Crippen molar-refractivity contribution in [3.8, 4) is 0 Å². The normalized spacial score (nSPS) is 25.9. The van der Waals surface area contributed by atoms with Crippen molar-refractivity contribution in [3.05, 3.63) is 63.1 Å². The number of rotatable bonds is 2. The van der Waals surface area contributed by atoms with Gasteiger partial charge in [-0.15, -0.1) is 11.8 Å². The van der Waals surface area contributed by atoms with Gasteiger partial charge in [-0.25, -0.2) is 9.69 Å². The van der Waals surface area contributed by atoms with E-state index in [1.54, 1.807) is 11.8 Å². The molecule has 144 valence electrons. The summed E-state index contributed by atoms with van der Waals surface area (Å²) < 4.78 is -0.320. The van der Waals surface area contributed by atoms with Crippen LogP contribution in [0.25, 0.3) is 0 Å². The third-order valence-corrected chi connectivity index (χ3v) is 7.86. The fourth-order valence-corrected chi connectivity index (χ4v) is 6.00. The van der Waals surface area contributed by atoms with Gasteiger partial charge in [0.2, 0.25) is 0 Å². The molecule has 0 saturated carbocycles. The summed E-state index contributed by atoms with van der Waals surface area (Å²) >= 11 is 1.74. The monoisotopic (exact) mass is 395 g/mol. The van der Waals surface area contributed by atoms with Gasteiger partial charge in [0, 0.05) is 11.0 Å². The summed E-state index contributed by atoms with van der Waals surface area (Å²) in [6, 6.07) is 5.83. The summed E-state index contributed by atoms with van der Waals surface area (Å²) in [5.41, 5.74) is 2.93. The van der Waals surface area contributed by atoms with Crippen LogP contribution in [0, 0.1) is 5.41 Å². The van der Waals surface area contributed by atoms with Crippen LogP contribution >= 0.6 is 11.8 Å². The van der Waals surface area contributed by atoms with Crippen molar-refractivity contribution in [2.24, 2.45) is 5.41 Å². The highest BCUT2D eigenvalue weighted by Crippen LogP contribution is 2.63. The number of amides is 2. The van der Waals surface area contributed by atoms with Gasteiger partial charge in [0.05, 0.1) is 21.6 Å². The summed E-state index contributed by atoms with van der Waals surface area (Å²) in [6.07, 6.45) is 2.12. The summed E-state index contributed by atoms with van der Waals surface area (Å²) in [6.45, 7) is 10.1. The second-order valence-corrected chi connectivity index (χ2v) is 9.77. The van der Waals surface area contributed by atoms with Crippen LogP contribution in [0.2, 0.25) is 0 Å². The van der Waals surface area contributed by atoms with Gasteiger partial charge in [0.1, 0.15) is 0 Å². The molecule has 4 rings (SSSR count). The molecule has 5 nitrogen and oxygen atoms in total. The zero-order valence-electron chi connectivity index (χ0n) is 16.4. The number of carboxylic acids is 1. The number of nitrogens with zero attached hydrogens (tertiary/aromatic N) is 1. The van der Waals surface area contributed by atoms with Gasteiger partial charge in [-0.05, 0) is 67.2 Å². The van der Waals surface area contributed by atoms with E-state index in [2.05, 4.69) is 19.9 Å². The van der Waals surface area contributed by atoms with Crippen LogP contribution in [0.5, 0.6) is 0 Å². The summed E-state index contributed by atoms with van der Waals surface area (Å²) in [5.74, 6) is -1.71. The zero-order valence-corrected chi connectivity index (χ0v) is 17.2. The first-order chi connectivity index (χ1) is 13.0. The number of hydrogen-bond acceptors (Lipinski definition) is 4. The molecule has 2 aliphatic heterocycles. The Bertz CT molecular complexity index is 1060. The number of fused-ring (bicyclic) bond motifs is 1. The van der Waals surface area contributed by atoms with E-state index in [9.17, 15) is 14.4 Å². The van der Waals surface area contributed by atoms with Gasteiger partial charge in [0.25, 0.3) is 11.8 Å². The van der Waals surface area contributed by atoms with Gasteiger partial charge in [-0.2, -0.15) is 0 Å². The van der Waals surface area contributed by atoms with E-state index in [1.807, 2.05) is 20.8 Å². The first-order valence-corrected chi connectivity index (χ1v) is 9.88. The highest BCUT2D eigenvalue weighted by molar-refractivity contribution is 8.04. The fraction of sp³-hybridized carbons (Fsp3) is 0.318. The number of imide groups is 1. The number of carbonyl (C=O) groups excluding carboxylic acids is 2. The largest absolute Gasteiger partial charge is 0.478 e. The molecular weight excluding hydrogens is 374 g/mol. The third kappa shape index (κ3) is 2.18. The van der Waals surface area contributed by atoms with E-state index in [0.29, 0.717) is 16.8 Å². The quantitative estimate of drug-likeness (QED) is 0.755. The highest BCUT2D eigenvalue weighted by atomic mass is 32.2. The van der Waals surface area contributed by atoms with Crippen molar-refractivity contribution in [1.82, 2.24) is 0 Å². The lowest BCUT2D eigenvalue weighted by Gasteiger charge is -2.46. The molecule has 0 saturated heterocycles. The minimum atomic E-state index is -1.05. The summed E-state index contributed by atoms with van der Waals surface area (Å²) in [5, 5.41) is 9.09. The zero-order chi connectivity index (χ0) is 20.6. The maximum absolute atomic E-state index is 13.4. The van der Waals surface area contributed by atoms with Crippen LogP contribution < -0.4 is 4.90 Å². The molecule has 0 spiro atoms. The molecule has 1 aromatic rings. The summed E-state index contributed by atoms with van der Waals surface area (Å²) in [4.78, 5) is 40.2. The molecule has 28 heavy (non-hydrogen) atoms. The Balaban J connectivity index is 1.86. The van der Waals surface area contributed by atoms with E-state index in [-0.39, 0.29) is 22.1 Å². The number of hydrogen-bond donors (Lipinski definition) is 1. The average molecular weight is 395 g/mol. The first-order valence-electron chi connectivity index (χ1n) is 9.06. The molecule has 0 bridgehead atoms. The van der Waals surface area contributed by atoms with Crippen molar-refractivity contribution in [1.29, 1.82) is 0 Å². The van der Waals surface area contributed by atoms with Gasteiger partial charge >= 0.3 is 5.97 Å². The molecule has 1 unspecified atom stereocenters.